The van der Waals surface area contributed by atoms with Crippen molar-refractivity contribution >= 4 is 31.7 Å². The molecule has 1 N–H and O–H groups in total. The molecule has 5 nitrogen and oxygen atoms in total. The number of rotatable bonds is 5. The zero-order valence-corrected chi connectivity index (χ0v) is 14.5. The quantitative estimate of drug-likeness (QED) is 0.637. The average molecular weight is 383 g/mol. The third-order valence-electron chi connectivity index (χ3n) is 2.94. The molecular weight excluding hydrogens is 368 g/mol. The summed E-state index contributed by atoms with van der Waals surface area (Å²) in [6.45, 7) is 1.72. The molecule has 0 spiro atoms. The van der Waals surface area contributed by atoms with Crippen LogP contribution in [-0.2, 0) is 10.0 Å². The monoisotopic (exact) mass is 382 g/mol. The first-order valence-electron chi connectivity index (χ1n) is 6.38. The summed E-state index contributed by atoms with van der Waals surface area (Å²) >= 11 is 3.26. The molecule has 7 heteroatoms. The fourth-order valence-corrected chi connectivity index (χ4v) is 2.83. The number of methoxy groups -OCH3 is 1. The third kappa shape index (κ3) is 4.08. The molecule has 0 saturated carbocycles. The van der Waals surface area contributed by atoms with Crippen molar-refractivity contribution in [1.82, 2.24) is 4.83 Å². The van der Waals surface area contributed by atoms with Gasteiger partial charge in [-0.3, -0.25) is 0 Å². The minimum Gasteiger partial charge on any atom is -0.497 e. The summed E-state index contributed by atoms with van der Waals surface area (Å²) in [6, 6.07) is 13.6. The Morgan fingerprint density at radius 1 is 1.18 bits per heavy atom. The molecule has 0 unspecified atom stereocenters. The first kappa shape index (κ1) is 16.5. The van der Waals surface area contributed by atoms with Crippen LogP contribution in [-0.4, -0.2) is 21.2 Å². The molecule has 0 heterocycles. The Morgan fingerprint density at radius 3 is 2.50 bits per heavy atom. The lowest BCUT2D eigenvalue weighted by Crippen LogP contribution is -2.19. The van der Waals surface area contributed by atoms with E-state index in [9.17, 15) is 8.42 Å². The molecule has 0 atom stereocenters. The van der Waals surface area contributed by atoms with Gasteiger partial charge < -0.3 is 4.74 Å². The van der Waals surface area contributed by atoms with E-state index in [-0.39, 0.29) is 4.90 Å². The molecule has 2 aromatic rings. The summed E-state index contributed by atoms with van der Waals surface area (Å²) < 4.78 is 30.2. The summed E-state index contributed by atoms with van der Waals surface area (Å²) in [7, 11) is -2.11. The SMILES string of the molecule is COc1cccc(C(C)=NNS(=O)(=O)c2ccc(Br)cc2)c1. The first-order chi connectivity index (χ1) is 10.4. The summed E-state index contributed by atoms with van der Waals surface area (Å²) in [5.41, 5.74) is 1.32. The molecule has 0 aliphatic rings. The lowest BCUT2D eigenvalue weighted by Gasteiger charge is -2.06. The van der Waals surface area contributed by atoms with Gasteiger partial charge in [0.15, 0.2) is 0 Å². The van der Waals surface area contributed by atoms with Crippen LogP contribution in [0.25, 0.3) is 0 Å². The second-order valence-electron chi connectivity index (χ2n) is 4.48. The topological polar surface area (TPSA) is 67.8 Å². The molecule has 0 saturated heterocycles. The van der Waals surface area contributed by atoms with Gasteiger partial charge in [-0.15, -0.1) is 0 Å². The molecule has 2 aromatic carbocycles. The van der Waals surface area contributed by atoms with Crippen molar-refractivity contribution in [3.05, 3.63) is 58.6 Å². The predicted molar refractivity (Wildman–Crippen MR) is 89.7 cm³/mol. The molecule has 116 valence electrons. The third-order valence-corrected chi connectivity index (χ3v) is 4.70. The van der Waals surface area contributed by atoms with Crippen molar-refractivity contribution in [1.29, 1.82) is 0 Å². The Morgan fingerprint density at radius 2 is 1.86 bits per heavy atom. The van der Waals surface area contributed by atoms with E-state index in [2.05, 4.69) is 25.9 Å². The smallest absolute Gasteiger partial charge is 0.276 e. The van der Waals surface area contributed by atoms with Gasteiger partial charge in [0, 0.05) is 10.0 Å². The summed E-state index contributed by atoms with van der Waals surface area (Å²) in [6.07, 6.45) is 0. The number of benzene rings is 2. The Hall–Kier alpha value is -1.86. The van der Waals surface area contributed by atoms with E-state index in [1.54, 1.807) is 32.2 Å². The van der Waals surface area contributed by atoms with E-state index in [1.807, 2.05) is 18.2 Å². The van der Waals surface area contributed by atoms with Crippen LogP contribution in [0.3, 0.4) is 0 Å². The Kier molecular flexibility index (Phi) is 5.20. The van der Waals surface area contributed by atoms with E-state index in [0.717, 1.165) is 10.0 Å². The maximum absolute atomic E-state index is 12.1. The van der Waals surface area contributed by atoms with Crippen molar-refractivity contribution in [3.8, 4) is 5.75 Å². The number of sulfonamides is 1. The van der Waals surface area contributed by atoms with Crippen LogP contribution in [0, 0.1) is 0 Å². The lowest BCUT2D eigenvalue weighted by atomic mass is 10.1. The fraction of sp³-hybridized carbons (Fsp3) is 0.133. The zero-order valence-electron chi connectivity index (χ0n) is 12.1. The highest BCUT2D eigenvalue weighted by Gasteiger charge is 2.12. The molecule has 2 rings (SSSR count). The van der Waals surface area contributed by atoms with Gasteiger partial charge in [-0.2, -0.15) is 18.4 Å². The number of halogens is 1. The van der Waals surface area contributed by atoms with Crippen molar-refractivity contribution in [2.75, 3.05) is 7.11 Å². The largest absolute Gasteiger partial charge is 0.497 e. The minimum absolute atomic E-state index is 0.151. The molecule has 0 aliphatic heterocycles. The Balaban J connectivity index is 2.20. The molecule has 0 bridgehead atoms. The number of hydrogen-bond donors (Lipinski definition) is 1. The van der Waals surface area contributed by atoms with Crippen molar-refractivity contribution in [2.45, 2.75) is 11.8 Å². The van der Waals surface area contributed by atoms with E-state index in [4.69, 9.17) is 4.74 Å². The second kappa shape index (κ2) is 6.93. The van der Waals surface area contributed by atoms with Crippen molar-refractivity contribution in [2.24, 2.45) is 5.10 Å². The van der Waals surface area contributed by atoms with E-state index in [0.29, 0.717) is 11.5 Å². The average Bonchev–Trinajstić information content (AvgIpc) is 2.53. The number of ether oxygens (including phenoxy) is 1. The zero-order chi connectivity index (χ0) is 16.2. The fourth-order valence-electron chi connectivity index (χ4n) is 1.71. The van der Waals surface area contributed by atoms with Crippen molar-refractivity contribution in [3.63, 3.8) is 0 Å². The van der Waals surface area contributed by atoms with Crippen LogP contribution < -0.4 is 9.57 Å². The summed E-state index contributed by atoms with van der Waals surface area (Å²) in [5.74, 6) is 0.683. The van der Waals surface area contributed by atoms with Gasteiger partial charge in [-0.25, -0.2) is 0 Å². The highest BCUT2D eigenvalue weighted by Crippen LogP contribution is 2.15. The maximum Gasteiger partial charge on any atom is 0.276 e. The van der Waals surface area contributed by atoms with Gasteiger partial charge in [0.25, 0.3) is 10.0 Å². The van der Waals surface area contributed by atoms with Crippen LogP contribution in [0.5, 0.6) is 5.75 Å². The van der Waals surface area contributed by atoms with Crippen molar-refractivity contribution < 1.29 is 13.2 Å². The summed E-state index contributed by atoms with van der Waals surface area (Å²) in [4.78, 5) is 2.39. The van der Waals surface area contributed by atoms with Gasteiger partial charge in [0.1, 0.15) is 5.75 Å². The van der Waals surface area contributed by atoms with Crippen LogP contribution in [0.2, 0.25) is 0 Å². The van der Waals surface area contributed by atoms with Crippen LogP contribution >= 0.6 is 15.9 Å². The standard InChI is InChI=1S/C15H15BrN2O3S/c1-11(12-4-3-5-14(10-12)21-2)17-18-22(19,20)15-8-6-13(16)7-9-15/h3-10,18H,1-2H3. The molecule has 0 aliphatic carbocycles. The van der Waals surface area contributed by atoms with Crippen LogP contribution in [0.4, 0.5) is 0 Å². The van der Waals surface area contributed by atoms with Gasteiger partial charge in [0.2, 0.25) is 0 Å². The molecule has 0 radical (unpaired) electrons. The number of hydrogen-bond acceptors (Lipinski definition) is 4. The predicted octanol–water partition coefficient (Wildman–Crippen LogP) is 3.16. The van der Waals surface area contributed by atoms with Gasteiger partial charge in [-0.1, -0.05) is 28.1 Å². The Bertz CT molecular complexity index is 787. The van der Waals surface area contributed by atoms with Gasteiger partial charge in [0.05, 0.1) is 17.7 Å². The highest BCUT2D eigenvalue weighted by atomic mass is 79.9. The number of nitrogens with one attached hydrogen (secondary N) is 1. The molecule has 0 amide bonds. The van der Waals surface area contributed by atoms with Crippen LogP contribution in [0.1, 0.15) is 12.5 Å². The minimum atomic E-state index is -3.69. The molecule has 0 fully saturated rings. The Labute approximate surface area is 138 Å². The maximum atomic E-state index is 12.1. The molecule has 0 aromatic heterocycles. The van der Waals surface area contributed by atoms with Gasteiger partial charge in [-0.05, 0) is 43.3 Å². The number of hydrazone groups is 1. The second-order valence-corrected chi connectivity index (χ2v) is 7.05. The number of nitrogens with zero attached hydrogens (tertiary/aromatic N) is 1. The van der Waals surface area contributed by atoms with Crippen LogP contribution in [0.15, 0.2) is 63.0 Å². The van der Waals surface area contributed by atoms with E-state index < -0.39 is 10.0 Å². The first-order valence-corrected chi connectivity index (χ1v) is 8.66. The lowest BCUT2D eigenvalue weighted by molar-refractivity contribution is 0.414. The summed E-state index contributed by atoms with van der Waals surface area (Å²) in [5, 5.41) is 3.95. The molecule has 22 heavy (non-hydrogen) atoms. The normalized spacial score (nSPS) is 12.0. The molecular formula is C15H15BrN2O3S. The van der Waals surface area contributed by atoms with Gasteiger partial charge >= 0.3 is 0 Å². The van der Waals surface area contributed by atoms with E-state index >= 15 is 0 Å². The highest BCUT2D eigenvalue weighted by molar-refractivity contribution is 9.10. The van der Waals surface area contributed by atoms with E-state index in [1.165, 1.54) is 12.1 Å².